The van der Waals surface area contributed by atoms with Crippen LogP contribution in [0.2, 0.25) is 0 Å². The first-order valence-electron chi connectivity index (χ1n) is 30.9. The molecular weight excluding hydrogens is 837 g/mol. The van der Waals surface area contributed by atoms with Crippen LogP contribution in [0.4, 0.5) is 0 Å². The quantitative estimate of drug-likeness (QED) is 0.0345. The lowest BCUT2D eigenvalue weighted by atomic mass is 10.0. The minimum Gasteiger partial charge on any atom is -0.462 e. The Balaban J connectivity index is 4.20. The Kier molecular flexibility index (Phi) is 58.3. The van der Waals surface area contributed by atoms with Gasteiger partial charge in [0.05, 0.1) is 6.61 Å². The summed E-state index contributed by atoms with van der Waals surface area (Å²) in [6, 6.07) is 0. The molecule has 0 heterocycles. The van der Waals surface area contributed by atoms with Crippen LogP contribution in [0.5, 0.6) is 0 Å². The second-order valence-corrected chi connectivity index (χ2v) is 21.0. The third-order valence-electron chi connectivity index (χ3n) is 14.0. The summed E-state index contributed by atoms with van der Waals surface area (Å²) in [5.41, 5.74) is 0. The van der Waals surface area contributed by atoms with Gasteiger partial charge in [-0.2, -0.15) is 0 Å². The minimum atomic E-state index is -0.533. The van der Waals surface area contributed by atoms with Crippen LogP contribution < -0.4 is 0 Å². The number of ether oxygens (including phenoxy) is 3. The van der Waals surface area contributed by atoms with Crippen molar-refractivity contribution in [2.45, 2.75) is 348 Å². The average Bonchev–Trinajstić information content (AvgIpc) is 3.34. The topological polar surface area (TPSA) is 61.8 Å². The number of hydrogen-bond acceptors (Lipinski definition) is 5. The largest absolute Gasteiger partial charge is 0.462 e. The van der Waals surface area contributed by atoms with Crippen LogP contribution in [0, 0.1) is 0 Å². The van der Waals surface area contributed by atoms with Crippen molar-refractivity contribution in [3.05, 3.63) is 24.3 Å². The first-order chi connectivity index (χ1) is 33.6. The molecule has 0 aliphatic carbocycles. The molecule has 0 bridgehead atoms. The van der Waals surface area contributed by atoms with Crippen molar-refractivity contribution in [2.75, 3.05) is 19.8 Å². The molecule has 0 spiro atoms. The van der Waals surface area contributed by atoms with Gasteiger partial charge in [-0.1, -0.05) is 302 Å². The van der Waals surface area contributed by atoms with Crippen molar-refractivity contribution in [3.63, 3.8) is 0 Å². The van der Waals surface area contributed by atoms with E-state index < -0.39 is 6.10 Å². The molecule has 0 amide bonds. The van der Waals surface area contributed by atoms with Gasteiger partial charge >= 0.3 is 11.9 Å². The van der Waals surface area contributed by atoms with E-state index in [1.54, 1.807) is 0 Å². The van der Waals surface area contributed by atoms with Crippen LogP contribution in [0.25, 0.3) is 0 Å². The van der Waals surface area contributed by atoms with Crippen molar-refractivity contribution in [2.24, 2.45) is 0 Å². The third-order valence-corrected chi connectivity index (χ3v) is 14.0. The van der Waals surface area contributed by atoms with E-state index in [4.69, 9.17) is 14.2 Å². The second-order valence-electron chi connectivity index (χ2n) is 21.0. The first-order valence-corrected chi connectivity index (χ1v) is 30.9. The van der Waals surface area contributed by atoms with Crippen LogP contribution in [0.3, 0.4) is 0 Å². The highest BCUT2D eigenvalue weighted by molar-refractivity contribution is 5.70. The predicted octanol–water partition coefficient (Wildman–Crippen LogP) is 21.1. The molecule has 1 atom stereocenters. The van der Waals surface area contributed by atoms with E-state index in [9.17, 15) is 9.59 Å². The molecule has 0 rings (SSSR count). The molecule has 0 aromatic rings. The van der Waals surface area contributed by atoms with E-state index in [0.717, 1.165) is 44.9 Å². The van der Waals surface area contributed by atoms with E-state index in [0.29, 0.717) is 26.1 Å². The van der Waals surface area contributed by atoms with E-state index >= 15 is 0 Å². The molecule has 68 heavy (non-hydrogen) atoms. The first kappa shape index (κ1) is 66.4. The number of rotatable bonds is 58. The number of allylic oxidation sites excluding steroid dienone is 4. The lowest BCUT2D eigenvalue weighted by molar-refractivity contribution is -0.163. The molecule has 0 N–H and O–H groups in total. The van der Waals surface area contributed by atoms with Gasteiger partial charge in [0.15, 0.2) is 6.10 Å². The molecule has 0 aliphatic heterocycles. The van der Waals surface area contributed by atoms with Gasteiger partial charge < -0.3 is 14.2 Å². The van der Waals surface area contributed by atoms with Crippen molar-refractivity contribution in [3.8, 4) is 0 Å². The zero-order valence-corrected chi connectivity index (χ0v) is 46.4. The fourth-order valence-corrected chi connectivity index (χ4v) is 9.37. The fourth-order valence-electron chi connectivity index (χ4n) is 9.37. The van der Waals surface area contributed by atoms with E-state index in [-0.39, 0.29) is 18.5 Å². The van der Waals surface area contributed by atoms with Crippen molar-refractivity contribution in [1.29, 1.82) is 0 Å². The number of esters is 2. The summed E-state index contributed by atoms with van der Waals surface area (Å²) in [5.74, 6) is -0.373. The molecule has 0 saturated carbocycles. The Bertz CT molecular complexity index is 1040. The van der Waals surface area contributed by atoms with Gasteiger partial charge in [0.2, 0.25) is 0 Å². The molecule has 0 saturated heterocycles. The molecular formula is C63H120O5. The van der Waals surface area contributed by atoms with Gasteiger partial charge in [-0.15, -0.1) is 0 Å². The Hall–Kier alpha value is -1.62. The molecule has 1 unspecified atom stereocenters. The number of hydrogen-bond donors (Lipinski definition) is 0. The zero-order valence-electron chi connectivity index (χ0n) is 46.4. The normalized spacial score (nSPS) is 12.2. The Morgan fingerprint density at radius 3 is 1.00 bits per heavy atom. The zero-order chi connectivity index (χ0) is 49.2. The van der Waals surface area contributed by atoms with Gasteiger partial charge in [-0.05, 0) is 51.4 Å². The Morgan fingerprint density at radius 1 is 0.324 bits per heavy atom. The molecule has 402 valence electrons. The van der Waals surface area contributed by atoms with Crippen molar-refractivity contribution >= 4 is 11.9 Å². The molecule has 5 heteroatoms. The lowest BCUT2D eigenvalue weighted by Crippen LogP contribution is -2.30. The summed E-state index contributed by atoms with van der Waals surface area (Å²) < 4.78 is 17.5. The monoisotopic (exact) mass is 957 g/mol. The van der Waals surface area contributed by atoms with Gasteiger partial charge in [0, 0.05) is 19.4 Å². The fraction of sp³-hybridized carbons (Fsp3) is 0.905. The molecule has 0 fully saturated rings. The number of carbonyl (C=O) groups is 2. The number of carbonyl (C=O) groups excluding carboxylic acids is 2. The van der Waals surface area contributed by atoms with Crippen LogP contribution in [-0.4, -0.2) is 37.9 Å². The maximum atomic E-state index is 12.9. The maximum Gasteiger partial charge on any atom is 0.306 e. The summed E-state index contributed by atoms with van der Waals surface area (Å²) in [7, 11) is 0. The highest BCUT2D eigenvalue weighted by atomic mass is 16.6. The van der Waals surface area contributed by atoms with E-state index in [2.05, 4.69) is 45.1 Å². The summed E-state index contributed by atoms with van der Waals surface area (Å²) in [4.78, 5) is 25.6. The number of unbranched alkanes of at least 4 members (excludes halogenated alkanes) is 43. The maximum absolute atomic E-state index is 12.9. The van der Waals surface area contributed by atoms with Crippen LogP contribution >= 0.6 is 0 Å². The van der Waals surface area contributed by atoms with Crippen molar-refractivity contribution < 1.29 is 23.8 Å². The lowest BCUT2D eigenvalue weighted by Gasteiger charge is -2.18. The average molecular weight is 958 g/mol. The van der Waals surface area contributed by atoms with E-state index in [1.165, 1.54) is 263 Å². The molecule has 0 aromatic carbocycles. The molecule has 5 nitrogen and oxygen atoms in total. The molecule has 0 aromatic heterocycles. The third kappa shape index (κ3) is 57.0. The minimum absolute atomic E-state index is 0.0918. The Morgan fingerprint density at radius 2 is 0.618 bits per heavy atom. The smallest absolute Gasteiger partial charge is 0.306 e. The second kappa shape index (κ2) is 59.7. The summed E-state index contributed by atoms with van der Waals surface area (Å²) in [5, 5.41) is 0. The van der Waals surface area contributed by atoms with Crippen molar-refractivity contribution in [1.82, 2.24) is 0 Å². The molecule has 0 radical (unpaired) electrons. The van der Waals surface area contributed by atoms with Gasteiger partial charge in [0.1, 0.15) is 6.61 Å². The standard InChI is InChI=1S/C63H120O5/c1-4-7-10-13-16-19-22-25-28-30-32-33-36-38-41-44-47-50-53-56-62(64)67-60-61(68-63(65)57-54-51-48-45-42-39-35-27-24-21-18-15-12-9-6-3)59-66-58-55-52-49-46-43-40-37-34-31-29-26-23-20-17-14-11-8-5-2/h17,20,26,29,61H,4-16,18-19,21-25,27-28,30-60H2,1-3H3/b20-17-,29-26-. The van der Waals surface area contributed by atoms with Gasteiger partial charge in [-0.25, -0.2) is 0 Å². The summed E-state index contributed by atoms with van der Waals surface area (Å²) >= 11 is 0. The predicted molar refractivity (Wildman–Crippen MR) is 298 cm³/mol. The van der Waals surface area contributed by atoms with Crippen LogP contribution in [0.1, 0.15) is 342 Å². The molecule has 0 aliphatic rings. The van der Waals surface area contributed by atoms with Crippen LogP contribution in [-0.2, 0) is 23.8 Å². The Labute approximate surface area is 426 Å². The SMILES string of the molecule is CCCCC/C=C\C/C=C\CCCCCCCCCCOCC(COC(=O)CCCCCCCCCCCCCCCCCCCCC)OC(=O)CCCCCCCCCCCCCCCCC. The van der Waals surface area contributed by atoms with Gasteiger partial charge in [0.25, 0.3) is 0 Å². The van der Waals surface area contributed by atoms with E-state index in [1.807, 2.05) is 0 Å². The summed E-state index contributed by atoms with van der Waals surface area (Å²) in [6.07, 6.45) is 72.1. The summed E-state index contributed by atoms with van der Waals surface area (Å²) in [6.45, 7) is 7.88. The highest BCUT2D eigenvalue weighted by Crippen LogP contribution is 2.17. The van der Waals surface area contributed by atoms with Crippen LogP contribution in [0.15, 0.2) is 24.3 Å². The van der Waals surface area contributed by atoms with Gasteiger partial charge in [-0.3, -0.25) is 9.59 Å². The highest BCUT2D eigenvalue weighted by Gasteiger charge is 2.18.